The van der Waals surface area contributed by atoms with Crippen LogP contribution in [-0.2, 0) is 0 Å². The van der Waals surface area contributed by atoms with Crippen LogP contribution in [-0.4, -0.2) is 10.8 Å². The van der Waals surface area contributed by atoms with E-state index in [1.165, 1.54) is 16.7 Å². The summed E-state index contributed by atoms with van der Waals surface area (Å²) in [4.78, 5) is 0. The van der Waals surface area contributed by atoms with Crippen LogP contribution in [0, 0.1) is 13.8 Å². The summed E-state index contributed by atoms with van der Waals surface area (Å²) in [5.41, 5.74) is 3.40. The number of nitrogens with one attached hydrogen (secondary N) is 2. The van der Waals surface area contributed by atoms with Gasteiger partial charge in [0.2, 0.25) is 0 Å². The monoisotopic (exact) mass is 248 g/mol. The first kappa shape index (κ1) is 10.8. The Bertz CT molecular complexity index is 514. The van der Waals surface area contributed by atoms with E-state index in [1.807, 2.05) is 6.92 Å². The number of thiocarbonyl (C=S) groups is 1. The van der Waals surface area contributed by atoms with Gasteiger partial charge in [0, 0.05) is 12.0 Å². The van der Waals surface area contributed by atoms with Gasteiger partial charge in [0.05, 0.1) is 6.04 Å². The van der Waals surface area contributed by atoms with Gasteiger partial charge in [0.15, 0.2) is 10.8 Å². The van der Waals surface area contributed by atoms with E-state index >= 15 is 0 Å². The number of ether oxygens (including phenoxy) is 1. The lowest BCUT2D eigenvalue weighted by molar-refractivity contribution is 0.0250. The van der Waals surface area contributed by atoms with Crippen LogP contribution >= 0.6 is 12.2 Å². The summed E-state index contributed by atoms with van der Waals surface area (Å²) in [6.45, 7) is 6.28. The molecule has 0 saturated carbocycles. The maximum atomic E-state index is 6.06. The van der Waals surface area contributed by atoms with Crippen molar-refractivity contribution in [1.82, 2.24) is 10.6 Å². The van der Waals surface area contributed by atoms with Crippen molar-refractivity contribution in [3.8, 4) is 5.75 Å². The first-order valence-electron chi connectivity index (χ1n) is 5.86. The highest BCUT2D eigenvalue weighted by atomic mass is 32.1. The summed E-state index contributed by atoms with van der Waals surface area (Å²) in [5, 5.41) is 7.19. The molecule has 2 heterocycles. The van der Waals surface area contributed by atoms with Gasteiger partial charge in [-0.2, -0.15) is 0 Å². The maximum absolute atomic E-state index is 6.06. The van der Waals surface area contributed by atoms with Crippen molar-refractivity contribution in [3.05, 3.63) is 28.8 Å². The van der Waals surface area contributed by atoms with Crippen molar-refractivity contribution >= 4 is 17.3 Å². The lowest BCUT2D eigenvalue weighted by Crippen LogP contribution is -2.62. The molecule has 1 aromatic rings. The summed E-state index contributed by atoms with van der Waals surface area (Å²) in [6, 6.07) is 4.58. The van der Waals surface area contributed by atoms with E-state index < -0.39 is 0 Å². The molecular weight excluding hydrogens is 232 g/mol. The average Bonchev–Trinajstić information content (AvgIpc) is 2.19. The molecule has 2 N–H and O–H groups in total. The topological polar surface area (TPSA) is 33.3 Å². The first-order chi connectivity index (χ1) is 7.97. The minimum absolute atomic E-state index is 0.261. The van der Waals surface area contributed by atoms with Crippen LogP contribution in [0.5, 0.6) is 5.75 Å². The second-order valence-corrected chi connectivity index (χ2v) is 5.57. The van der Waals surface area contributed by atoms with Crippen LogP contribution in [0.3, 0.4) is 0 Å². The molecule has 17 heavy (non-hydrogen) atoms. The Hall–Kier alpha value is -1.29. The number of fused-ring (bicyclic) bond motifs is 4. The molecule has 0 radical (unpaired) electrons. The summed E-state index contributed by atoms with van der Waals surface area (Å²) in [5.74, 6) is 0.967. The average molecular weight is 248 g/mol. The molecule has 2 unspecified atom stereocenters. The van der Waals surface area contributed by atoms with Crippen LogP contribution in [0.15, 0.2) is 12.1 Å². The van der Waals surface area contributed by atoms with E-state index in [2.05, 4.69) is 36.6 Å². The zero-order chi connectivity index (χ0) is 12.2. The van der Waals surface area contributed by atoms with Crippen molar-refractivity contribution in [2.45, 2.75) is 39.0 Å². The first-order valence-corrected chi connectivity index (χ1v) is 6.26. The fourth-order valence-electron chi connectivity index (χ4n) is 2.60. The molecule has 4 heteroatoms. The second kappa shape index (κ2) is 3.35. The third-order valence-electron chi connectivity index (χ3n) is 3.61. The number of aryl methyl sites for hydroxylation is 2. The quantitative estimate of drug-likeness (QED) is 0.690. The predicted octanol–water partition coefficient (Wildman–Crippen LogP) is 2.32. The van der Waals surface area contributed by atoms with E-state index in [0.29, 0.717) is 5.11 Å². The van der Waals surface area contributed by atoms with Gasteiger partial charge in [0.25, 0.3) is 0 Å². The molecule has 2 atom stereocenters. The Kier molecular flexibility index (Phi) is 2.14. The largest absolute Gasteiger partial charge is 0.468 e. The molecule has 0 aromatic heterocycles. The lowest BCUT2D eigenvalue weighted by Gasteiger charge is -2.45. The highest BCUT2D eigenvalue weighted by Crippen LogP contribution is 2.41. The molecule has 1 saturated heterocycles. The third kappa shape index (κ3) is 1.67. The van der Waals surface area contributed by atoms with Crippen LogP contribution < -0.4 is 15.4 Å². The van der Waals surface area contributed by atoms with Crippen LogP contribution in [0.2, 0.25) is 0 Å². The Labute approximate surface area is 107 Å². The molecular formula is C13H16N2OS. The van der Waals surface area contributed by atoms with Crippen molar-refractivity contribution in [3.63, 3.8) is 0 Å². The molecule has 0 aliphatic carbocycles. The van der Waals surface area contributed by atoms with Gasteiger partial charge < -0.3 is 15.4 Å². The molecule has 0 spiro atoms. The minimum atomic E-state index is -0.373. The Morgan fingerprint density at radius 1 is 1.35 bits per heavy atom. The van der Waals surface area contributed by atoms with Gasteiger partial charge in [0.1, 0.15) is 5.75 Å². The minimum Gasteiger partial charge on any atom is -0.468 e. The Morgan fingerprint density at radius 3 is 2.82 bits per heavy atom. The van der Waals surface area contributed by atoms with E-state index in [-0.39, 0.29) is 11.8 Å². The molecule has 1 fully saturated rings. The summed E-state index contributed by atoms with van der Waals surface area (Å²) < 4.78 is 6.06. The predicted molar refractivity (Wildman–Crippen MR) is 71.2 cm³/mol. The number of rotatable bonds is 0. The molecule has 3 nitrogen and oxygen atoms in total. The number of hydrogen-bond acceptors (Lipinski definition) is 2. The van der Waals surface area contributed by atoms with Gasteiger partial charge in [-0.1, -0.05) is 6.07 Å². The molecule has 0 amide bonds. The number of hydrogen-bond donors (Lipinski definition) is 2. The Morgan fingerprint density at radius 2 is 2.06 bits per heavy atom. The van der Waals surface area contributed by atoms with Crippen LogP contribution in [0.1, 0.15) is 36.1 Å². The van der Waals surface area contributed by atoms with E-state index in [9.17, 15) is 0 Å². The highest BCUT2D eigenvalue weighted by Gasteiger charge is 2.42. The second-order valence-electron chi connectivity index (χ2n) is 5.16. The maximum Gasteiger partial charge on any atom is 0.181 e. The van der Waals surface area contributed by atoms with Gasteiger partial charge in [-0.05, 0) is 50.2 Å². The smallest absolute Gasteiger partial charge is 0.181 e. The summed E-state index contributed by atoms with van der Waals surface area (Å²) in [7, 11) is 0. The van der Waals surface area contributed by atoms with Gasteiger partial charge in [-0.15, -0.1) is 0 Å². The third-order valence-corrected chi connectivity index (χ3v) is 3.83. The van der Waals surface area contributed by atoms with E-state index in [4.69, 9.17) is 17.0 Å². The molecule has 2 aliphatic heterocycles. The number of benzene rings is 1. The fourth-order valence-corrected chi connectivity index (χ4v) is 2.95. The fraction of sp³-hybridized carbons (Fsp3) is 0.462. The summed E-state index contributed by atoms with van der Waals surface area (Å²) in [6.07, 6.45) is 0.892. The van der Waals surface area contributed by atoms with Crippen LogP contribution in [0.4, 0.5) is 0 Å². The van der Waals surface area contributed by atoms with E-state index in [0.717, 1.165) is 12.2 Å². The molecule has 1 aromatic carbocycles. The van der Waals surface area contributed by atoms with Crippen molar-refractivity contribution in [1.29, 1.82) is 0 Å². The summed E-state index contributed by atoms with van der Waals surface area (Å²) >= 11 is 5.22. The van der Waals surface area contributed by atoms with Crippen molar-refractivity contribution in [2.24, 2.45) is 0 Å². The van der Waals surface area contributed by atoms with Crippen LogP contribution in [0.25, 0.3) is 0 Å². The van der Waals surface area contributed by atoms with Gasteiger partial charge >= 0.3 is 0 Å². The standard InChI is InChI=1S/C13H16N2OS/c1-7-4-9-10-6-13(3,15-12(17)14-10)16-11(9)5-8(7)2/h4-5,10H,6H2,1-3H3,(H2,14,15,17). The normalized spacial score (nSPS) is 29.8. The zero-order valence-corrected chi connectivity index (χ0v) is 11.1. The molecule has 2 bridgehead atoms. The van der Waals surface area contributed by atoms with Gasteiger partial charge in [-0.25, -0.2) is 0 Å². The van der Waals surface area contributed by atoms with Crippen molar-refractivity contribution in [2.75, 3.05) is 0 Å². The lowest BCUT2D eigenvalue weighted by atomic mass is 9.90. The Balaban J connectivity index is 2.13. The molecule has 90 valence electrons. The molecule has 2 aliphatic rings. The van der Waals surface area contributed by atoms with Gasteiger partial charge in [-0.3, -0.25) is 0 Å². The SMILES string of the molecule is Cc1cc2c(cc1C)C1CC(C)(NC(=S)N1)O2. The zero-order valence-electron chi connectivity index (χ0n) is 10.3. The highest BCUT2D eigenvalue weighted by molar-refractivity contribution is 7.80. The van der Waals surface area contributed by atoms with E-state index in [1.54, 1.807) is 0 Å². The molecule has 3 rings (SSSR count). The van der Waals surface area contributed by atoms with Crippen molar-refractivity contribution < 1.29 is 4.74 Å².